The summed E-state index contributed by atoms with van der Waals surface area (Å²) in [4.78, 5) is -1.91. The van der Waals surface area contributed by atoms with Gasteiger partial charge in [-0.2, -0.15) is 13.2 Å². The molecule has 0 fully saturated rings. The molecule has 0 bridgehead atoms. The van der Waals surface area contributed by atoms with Crippen molar-refractivity contribution in [1.82, 2.24) is 0 Å². The Morgan fingerprint density at radius 1 is 0.786 bits per heavy atom. The van der Waals surface area contributed by atoms with E-state index in [2.05, 4.69) is 0 Å². The van der Waals surface area contributed by atoms with Crippen LogP contribution < -0.4 is 5.73 Å². The van der Waals surface area contributed by atoms with Gasteiger partial charge in [0.05, 0.1) is 20.9 Å². The van der Waals surface area contributed by atoms with Crippen molar-refractivity contribution in [3.05, 3.63) is 0 Å². The largest absolute Gasteiger partial charge is 0.401 e. The van der Waals surface area contributed by atoms with Crippen molar-refractivity contribution in [2.24, 2.45) is 5.73 Å². The molecule has 0 aromatic carbocycles. The number of alkyl halides is 3. The van der Waals surface area contributed by atoms with Crippen molar-refractivity contribution in [3.63, 3.8) is 0 Å². The molecule has 86 valence electrons. The summed E-state index contributed by atoms with van der Waals surface area (Å²) in [6.07, 6.45) is -4.28. The van der Waals surface area contributed by atoms with Crippen LogP contribution in [-0.4, -0.2) is 27.1 Å². The fraction of sp³-hybridized carbons (Fsp3) is 1.00. The van der Waals surface area contributed by atoms with Crippen molar-refractivity contribution in [3.8, 4) is 0 Å². The maximum Gasteiger partial charge on any atom is 0.401 e. The molecule has 0 rings (SSSR count). The minimum Gasteiger partial charge on any atom is -0.323 e. The molecule has 2 N–H and O–H groups in total. The van der Waals surface area contributed by atoms with E-state index in [-0.39, 0.29) is 0 Å². The second-order valence-corrected chi connectivity index (χ2v) is 16.9. The van der Waals surface area contributed by atoms with Crippen LogP contribution in [0.25, 0.3) is 0 Å². The van der Waals surface area contributed by atoms with Crippen molar-refractivity contribution in [2.75, 3.05) is 0 Å². The SMILES string of the molecule is C[Si](C)(C)C(N)(C(F)(F)F)[Si](C)(C)C. The van der Waals surface area contributed by atoms with Crippen molar-refractivity contribution < 1.29 is 13.2 Å². The zero-order valence-electron chi connectivity index (χ0n) is 9.71. The Labute approximate surface area is 85.9 Å². The van der Waals surface area contributed by atoms with E-state index < -0.39 is 27.1 Å². The van der Waals surface area contributed by atoms with E-state index in [4.69, 9.17) is 5.73 Å². The van der Waals surface area contributed by atoms with Gasteiger partial charge >= 0.3 is 6.18 Å². The molecule has 0 aromatic heterocycles. The van der Waals surface area contributed by atoms with Crippen LogP contribution >= 0.6 is 0 Å². The highest BCUT2D eigenvalue weighted by Gasteiger charge is 2.65. The molecule has 0 saturated carbocycles. The van der Waals surface area contributed by atoms with Gasteiger partial charge in [-0.25, -0.2) is 0 Å². The molecule has 0 radical (unpaired) electrons. The smallest absolute Gasteiger partial charge is 0.323 e. The van der Waals surface area contributed by atoms with E-state index >= 15 is 0 Å². The van der Waals surface area contributed by atoms with E-state index in [0.717, 1.165) is 0 Å². The molecule has 0 amide bonds. The van der Waals surface area contributed by atoms with Crippen LogP contribution in [-0.2, 0) is 0 Å². The van der Waals surface area contributed by atoms with Gasteiger partial charge in [-0.05, 0) is 0 Å². The first kappa shape index (κ1) is 14.2. The van der Waals surface area contributed by atoms with E-state index in [1.165, 1.54) is 0 Å². The zero-order chi connectivity index (χ0) is 12.0. The van der Waals surface area contributed by atoms with Gasteiger partial charge in [0.1, 0.15) is 0 Å². The average molecular weight is 243 g/mol. The first-order chi connectivity index (χ1) is 5.75. The molecular weight excluding hydrogens is 223 g/mol. The van der Waals surface area contributed by atoms with Crippen LogP contribution in [0.3, 0.4) is 0 Å². The second-order valence-electron chi connectivity index (χ2n) is 5.81. The topological polar surface area (TPSA) is 26.0 Å². The van der Waals surface area contributed by atoms with Gasteiger partial charge in [-0.3, -0.25) is 0 Å². The molecule has 0 aliphatic rings. The summed E-state index contributed by atoms with van der Waals surface area (Å²) in [7, 11) is -4.93. The summed E-state index contributed by atoms with van der Waals surface area (Å²) in [5.74, 6) is 0. The fourth-order valence-corrected chi connectivity index (χ4v) is 12.7. The predicted octanol–water partition coefficient (Wildman–Crippen LogP) is 3.00. The quantitative estimate of drug-likeness (QED) is 0.741. The van der Waals surface area contributed by atoms with Crippen LogP contribution in [0.1, 0.15) is 0 Å². The summed E-state index contributed by atoms with van der Waals surface area (Å²) in [5.41, 5.74) is 5.73. The van der Waals surface area contributed by atoms with Crippen LogP contribution in [0, 0.1) is 0 Å². The first-order valence-corrected chi connectivity index (χ1v) is 11.6. The molecule has 0 spiro atoms. The van der Waals surface area contributed by atoms with Crippen molar-refractivity contribution in [2.45, 2.75) is 50.2 Å². The summed E-state index contributed by atoms with van der Waals surface area (Å²) in [5, 5.41) is 0. The van der Waals surface area contributed by atoms with Crippen LogP contribution in [0.5, 0.6) is 0 Å². The molecule has 1 nitrogen and oxygen atoms in total. The molecule has 0 unspecified atom stereocenters. The van der Waals surface area contributed by atoms with Crippen LogP contribution in [0.4, 0.5) is 13.2 Å². The van der Waals surface area contributed by atoms with Crippen molar-refractivity contribution >= 4 is 16.1 Å². The molecule has 0 heterocycles. The third-order valence-corrected chi connectivity index (χ3v) is 12.6. The summed E-state index contributed by atoms with van der Waals surface area (Å²) in [6.45, 7) is 10.2. The highest BCUT2D eigenvalue weighted by Crippen LogP contribution is 2.41. The number of rotatable bonds is 2. The summed E-state index contributed by atoms with van der Waals surface area (Å²) < 4.78 is 39.1. The molecule has 0 aromatic rings. The Morgan fingerprint density at radius 2 is 1.00 bits per heavy atom. The third-order valence-electron chi connectivity index (χ3n) is 2.81. The molecule has 6 heteroatoms. The molecule has 0 aliphatic carbocycles. The maximum absolute atomic E-state index is 13.0. The Kier molecular flexibility index (Phi) is 3.39. The monoisotopic (exact) mass is 243 g/mol. The summed E-state index contributed by atoms with van der Waals surface area (Å²) >= 11 is 0. The molecule has 0 saturated heterocycles. The molecule has 14 heavy (non-hydrogen) atoms. The Bertz CT molecular complexity index is 176. The van der Waals surface area contributed by atoms with Gasteiger partial charge < -0.3 is 5.73 Å². The van der Waals surface area contributed by atoms with Gasteiger partial charge in [-0.15, -0.1) is 0 Å². The van der Waals surface area contributed by atoms with Gasteiger partial charge in [0.2, 0.25) is 0 Å². The zero-order valence-corrected chi connectivity index (χ0v) is 11.7. The highest BCUT2D eigenvalue weighted by atomic mass is 28.4. The van der Waals surface area contributed by atoms with Gasteiger partial charge in [0, 0.05) is 0 Å². The third kappa shape index (κ3) is 2.06. The normalized spacial score (nSPS) is 15.9. The lowest BCUT2D eigenvalue weighted by atomic mass is 10.6. The highest BCUT2D eigenvalue weighted by molar-refractivity contribution is 6.99. The van der Waals surface area contributed by atoms with Crippen molar-refractivity contribution in [1.29, 1.82) is 0 Å². The second kappa shape index (κ2) is 3.35. The summed E-state index contributed by atoms with van der Waals surface area (Å²) in [6, 6.07) is 0. The van der Waals surface area contributed by atoms with Crippen LogP contribution in [0.2, 0.25) is 39.3 Å². The number of nitrogens with two attached hydrogens (primary N) is 1. The Morgan fingerprint density at radius 3 is 1.00 bits per heavy atom. The van der Waals surface area contributed by atoms with E-state index in [9.17, 15) is 13.2 Å². The lowest BCUT2D eigenvalue weighted by Crippen LogP contribution is -2.79. The lowest BCUT2D eigenvalue weighted by molar-refractivity contribution is -0.145. The minimum atomic E-state index is -4.28. The van der Waals surface area contributed by atoms with Gasteiger partial charge in [0.25, 0.3) is 0 Å². The number of halogens is 3. The van der Waals surface area contributed by atoms with Crippen LogP contribution in [0.15, 0.2) is 0 Å². The standard InChI is InChI=1S/C8H20F3NSi2/c1-13(2,3)8(12,7(9,10)11)14(4,5)6/h12H2,1-6H3. The Balaban J connectivity index is 5.54. The number of hydrogen-bond donors (Lipinski definition) is 1. The molecule has 0 atom stereocenters. The number of hydrogen-bond acceptors (Lipinski definition) is 1. The van der Waals surface area contributed by atoms with Gasteiger partial charge in [0.15, 0.2) is 0 Å². The average Bonchev–Trinajstić information content (AvgIpc) is 1.77. The van der Waals surface area contributed by atoms with E-state index in [0.29, 0.717) is 0 Å². The fourth-order valence-electron chi connectivity index (χ4n) is 1.98. The van der Waals surface area contributed by atoms with Gasteiger partial charge in [-0.1, -0.05) is 39.3 Å². The lowest BCUT2D eigenvalue weighted by Gasteiger charge is -2.49. The van der Waals surface area contributed by atoms with E-state index in [1.807, 2.05) is 0 Å². The maximum atomic E-state index is 13.0. The van der Waals surface area contributed by atoms with E-state index in [1.54, 1.807) is 39.3 Å². The Hall–Kier alpha value is 0.184. The minimum absolute atomic E-state index is 1.69. The first-order valence-electron chi connectivity index (χ1n) is 4.61. The molecule has 0 aliphatic heterocycles. The molecular formula is C8H20F3NSi2. The predicted molar refractivity (Wildman–Crippen MR) is 59.7 cm³/mol.